The smallest absolute Gasteiger partial charge is 0.120 e. The summed E-state index contributed by atoms with van der Waals surface area (Å²) in [6.07, 6.45) is 8.32. The second kappa shape index (κ2) is 5.81. The van der Waals surface area contributed by atoms with Crippen LogP contribution in [0.15, 0.2) is 35.7 Å². The van der Waals surface area contributed by atoms with Gasteiger partial charge >= 0.3 is 0 Å². The predicted molar refractivity (Wildman–Crippen MR) is 78.9 cm³/mol. The molecule has 21 heavy (non-hydrogen) atoms. The highest BCUT2D eigenvalue weighted by atomic mass is 32.2. The first kappa shape index (κ1) is 13.4. The third kappa shape index (κ3) is 2.53. The zero-order chi connectivity index (χ0) is 14.7. The zero-order valence-corrected chi connectivity index (χ0v) is 11.8. The van der Waals surface area contributed by atoms with E-state index < -0.39 is 0 Å². The van der Waals surface area contributed by atoms with Crippen LogP contribution in [0.5, 0.6) is 0 Å². The number of nitrogens with one attached hydrogen (secondary N) is 1. The molecule has 3 heterocycles. The molecule has 3 rings (SSSR count). The molecule has 6 nitrogen and oxygen atoms in total. The lowest BCUT2D eigenvalue weighted by Gasteiger charge is -2.07. The van der Waals surface area contributed by atoms with Crippen molar-refractivity contribution < 1.29 is 4.79 Å². The molecule has 1 N–H and O–H groups in total. The number of hydrogen-bond donors (Lipinski definition) is 1. The SMILES string of the molecule is N#Cc1cnn2cc(-c3cn[nH]c3)cc(SCCC=O)c12. The minimum absolute atomic E-state index is 0.475. The number of rotatable bonds is 5. The van der Waals surface area contributed by atoms with Crippen molar-refractivity contribution in [3.63, 3.8) is 0 Å². The number of aromatic amines is 1. The fraction of sp³-hybridized carbons (Fsp3) is 0.143. The van der Waals surface area contributed by atoms with Gasteiger partial charge < -0.3 is 4.79 Å². The van der Waals surface area contributed by atoms with E-state index in [0.29, 0.717) is 17.7 Å². The lowest BCUT2D eigenvalue weighted by Crippen LogP contribution is -1.92. The summed E-state index contributed by atoms with van der Waals surface area (Å²) in [5, 5.41) is 20.1. The minimum atomic E-state index is 0.475. The van der Waals surface area contributed by atoms with Crippen molar-refractivity contribution in [2.45, 2.75) is 11.3 Å². The topological polar surface area (TPSA) is 86.8 Å². The molecular formula is C14H11N5OS. The Morgan fingerprint density at radius 1 is 1.43 bits per heavy atom. The van der Waals surface area contributed by atoms with Gasteiger partial charge in [0, 0.05) is 40.6 Å². The van der Waals surface area contributed by atoms with Crippen molar-refractivity contribution in [3.8, 4) is 17.2 Å². The van der Waals surface area contributed by atoms with Gasteiger partial charge in [-0.1, -0.05) is 0 Å². The second-order valence-electron chi connectivity index (χ2n) is 4.35. The number of aldehydes is 1. The molecule has 0 atom stereocenters. The molecule has 0 unspecified atom stereocenters. The van der Waals surface area contributed by atoms with Crippen molar-refractivity contribution in [2.75, 3.05) is 5.75 Å². The number of fused-ring (bicyclic) bond motifs is 1. The van der Waals surface area contributed by atoms with Gasteiger partial charge in [-0.15, -0.1) is 11.8 Å². The molecule has 0 aliphatic heterocycles. The number of nitrogens with zero attached hydrogens (tertiary/aromatic N) is 4. The molecule has 7 heteroatoms. The Labute approximate surface area is 124 Å². The highest BCUT2D eigenvalue weighted by Gasteiger charge is 2.12. The molecule has 104 valence electrons. The Morgan fingerprint density at radius 2 is 2.33 bits per heavy atom. The highest BCUT2D eigenvalue weighted by Crippen LogP contribution is 2.31. The summed E-state index contributed by atoms with van der Waals surface area (Å²) in [6, 6.07) is 4.15. The Morgan fingerprint density at radius 3 is 3.05 bits per heavy atom. The molecule has 0 saturated heterocycles. The molecule has 0 spiro atoms. The lowest BCUT2D eigenvalue weighted by atomic mass is 10.1. The van der Waals surface area contributed by atoms with Crippen molar-refractivity contribution in [1.29, 1.82) is 5.26 Å². The van der Waals surface area contributed by atoms with E-state index >= 15 is 0 Å². The van der Waals surface area contributed by atoms with E-state index in [9.17, 15) is 10.1 Å². The summed E-state index contributed by atoms with van der Waals surface area (Å²) < 4.78 is 1.70. The number of thioether (sulfide) groups is 1. The van der Waals surface area contributed by atoms with Crippen LogP contribution in [0.1, 0.15) is 12.0 Å². The molecule has 0 saturated carbocycles. The monoisotopic (exact) mass is 297 g/mol. The zero-order valence-electron chi connectivity index (χ0n) is 11.0. The highest BCUT2D eigenvalue weighted by molar-refractivity contribution is 7.99. The van der Waals surface area contributed by atoms with Gasteiger partial charge in [0.2, 0.25) is 0 Å². The van der Waals surface area contributed by atoms with Gasteiger partial charge in [-0.2, -0.15) is 15.5 Å². The summed E-state index contributed by atoms with van der Waals surface area (Å²) in [6.45, 7) is 0. The van der Waals surface area contributed by atoms with E-state index in [1.54, 1.807) is 34.9 Å². The molecule has 0 aliphatic rings. The standard InChI is InChI=1S/C14H11N5OS/c15-5-11-8-18-19-9-10(12-6-16-17-7-12)4-13(14(11)19)21-3-1-2-20/h2,4,6-9H,1,3H2,(H,16,17). The largest absolute Gasteiger partial charge is 0.303 e. The van der Waals surface area contributed by atoms with E-state index in [-0.39, 0.29) is 0 Å². The van der Waals surface area contributed by atoms with Crippen LogP contribution in [0.2, 0.25) is 0 Å². The number of aromatic nitrogens is 4. The van der Waals surface area contributed by atoms with Gasteiger partial charge in [0.1, 0.15) is 12.4 Å². The van der Waals surface area contributed by atoms with Crippen LogP contribution in [0.4, 0.5) is 0 Å². The van der Waals surface area contributed by atoms with Crippen molar-refractivity contribution in [3.05, 3.63) is 36.4 Å². The average Bonchev–Trinajstić information content (AvgIpc) is 3.16. The number of carbonyl (C=O) groups excluding carboxylic acids is 1. The maximum atomic E-state index is 10.5. The molecule has 0 bridgehead atoms. The van der Waals surface area contributed by atoms with E-state index in [1.807, 2.05) is 12.3 Å². The van der Waals surface area contributed by atoms with Crippen LogP contribution in [-0.2, 0) is 4.79 Å². The molecule has 3 aromatic rings. The maximum Gasteiger partial charge on any atom is 0.120 e. The van der Waals surface area contributed by atoms with Gasteiger partial charge in [-0.25, -0.2) is 4.52 Å². The number of H-pyrrole nitrogens is 1. The van der Waals surface area contributed by atoms with E-state index in [0.717, 1.165) is 27.8 Å². The van der Waals surface area contributed by atoms with Crippen LogP contribution in [-0.4, -0.2) is 31.9 Å². The Hall–Kier alpha value is -2.59. The second-order valence-corrected chi connectivity index (χ2v) is 5.48. The number of hydrogen-bond acceptors (Lipinski definition) is 5. The normalized spacial score (nSPS) is 10.6. The van der Waals surface area contributed by atoms with Crippen molar-refractivity contribution in [1.82, 2.24) is 19.8 Å². The number of carbonyl (C=O) groups is 1. The molecule has 0 fully saturated rings. The summed E-state index contributed by atoms with van der Waals surface area (Å²) in [7, 11) is 0. The molecule has 0 aliphatic carbocycles. The van der Waals surface area contributed by atoms with Gasteiger partial charge in [0.15, 0.2) is 0 Å². The average molecular weight is 297 g/mol. The first-order valence-electron chi connectivity index (χ1n) is 6.30. The van der Waals surface area contributed by atoms with Crippen molar-refractivity contribution in [2.24, 2.45) is 0 Å². The van der Waals surface area contributed by atoms with Crippen LogP contribution < -0.4 is 0 Å². The van der Waals surface area contributed by atoms with Crippen LogP contribution in [0, 0.1) is 11.3 Å². The summed E-state index contributed by atoms with van der Waals surface area (Å²) in [5.74, 6) is 0.671. The quantitative estimate of drug-likeness (QED) is 0.443. The van der Waals surface area contributed by atoms with Gasteiger partial charge in [0.05, 0.1) is 23.5 Å². The van der Waals surface area contributed by atoms with Crippen LogP contribution >= 0.6 is 11.8 Å². The van der Waals surface area contributed by atoms with E-state index in [4.69, 9.17) is 0 Å². The molecule has 3 aromatic heterocycles. The van der Waals surface area contributed by atoms with Gasteiger partial charge in [-0.3, -0.25) is 5.10 Å². The van der Waals surface area contributed by atoms with Gasteiger partial charge in [0.25, 0.3) is 0 Å². The summed E-state index contributed by atoms with van der Waals surface area (Å²) in [5.41, 5.74) is 3.21. The van der Waals surface area contributed by atoms with Crippen molar-refractivity contribution >= 4 is 23.6 Å². The van der Waals surface area contributed by atoms with E-state index in [2.05, 4.69) is 21.4 Å². The summed E-state index contributed by atoms with van der Waals surface area (Å²) >= 11 is 1.55. The third-order valence-electron chi connectivity index (χ3n) is 3.02. The molecular weight excluding hydrogens is 286 g/mol. The first-order chi connectivity index (χ1) is 10.3. The maximum absolute atomic E-state index is 10.5. The molecule has 0 aromatic carbocycles. The Bertz CT molecular complexity index is 816. The first-order valence-corrected chi connectivity index (χ1v) is 7.29. The minimum Gasteiger partial charge on any atom is -0.303 e. The predicted octanol–water partition coefficient (Wildman–Crippen LogP) is 2.28. The molecule has 0 radical (unpaired) electrons. The Balaban J connectivity index is 2.12. The fourth-order valence-electron chi connectivity index (χ4n) is 2.06. The van der Waals surface area contributed by atoms with Gasteiger partial charge in [-0.05, 0) is 6.07 Å². The van der Waals surface area contributed by atoms with Crippen LogP contribution in [0.25, 0.3) is 16.6 Å². The molecule has 0 amide bonds. The van der Waals surface area contributed by atoms with E-state index in [1.165, 1.54) is 0 Å². The number of pyridine rings is 1. The number of nitriles is 1. The lowest BCUT2D eigenvalue weighted by molar-refractivity contribution is -0.107. The van der Waals surface area contributed by atoms with Crippen LogP contribution in [0.3, 0.4) is 0 Å². The fourth-order valence-corrected chi connectivity index (χ4v) is 3.04. The summed E-state index contributed by atoms with van der Waals surface area (Å²) in [4.78, 5) is 11.4. The third-order valence-corrected chi connectivity index (χ3v) is 4.08. The Kier molecular flexibility index (Phi) is 3.71.